The largest absolute Gasteiger partial charge is 0.339 e. The van der Waals surface area contributed by atoms with E-state index in [0.717, 1.165) is 27.7 Å². The molecule has 4 rings (SSSR count). The normalized spacial score (nSPS) is 11.3. The fourth-order valence-electron chi connectivity index (χ4n) is 4.04. The van der Waals surface area contributed by atoms with Gasteiger partial charge in [0.15, 0.2) is 0 Å². The molecule has 0 atom stereocenters. The maximum atomic E-state index is 13.7. The van der Waals surface area contributed by atoms with E-state index in [-0.39, 0.29) is 23.8 Å². The number of benzene rings is 2. The molecule has 0 spiro atoms. The highest BCUT2D eigenvalue weighted by atomic mass is 35.5. The second-order valence-corrected chi connectivity index (χ2v) is 9.93. The first kappa shape index (κ1) is 25.5. The molecule has 0 fully saturated rings. The van der Waals surface area contributed by atoms with Gasteiger partial charge in [-0.2, -0.15) is 0 Å². The number of anilines is 1. The Bertz CT molecular complexity index is 1430. The van der Waals surface area contributed by atoms with Crippen molar-refractivity contribution in [1.82, 2.24) is 9.55 Å². The van der Waals surface area contributed by atoms with E-state index < -0.39 is 15.8 Å². The molecule has 2 aromatic heterocycles. The molecule has 5 nitrogen and oxygen atoms in total. The Morgan fingerprint density at radius 1 is 1.03 bits per heavy atom. The Kier molecular flexibility index (Phi) is 7.48. The number of aryl methyl sites for hydroxylation is 2. The van der Waals surface area contributed by atoms with Crippen LogP contribution < -0.4 is 4.31 Å². The van der Waals surface area contributed by atoms with Gasteiger partial charge in [0, 0.05) is 23.8 Å². The van der Waals surface area contributed by atoms with Gasteiger partial charge in [-0.3, -0.25) is 9.29 Å². The molecule has 0 unspecified atom stereocenters. The number of rotatable bonds is 7. The number of allylic oxidation sites excluding steroid dienone is 1. The summed E-state index contributed by atoms with van der Waals surface area (Å²) in [5.41, 5.74) is 5.01. The predicted octanol–water partition coefficient (Wildman–Crippen LogP) is 6.10. The van der Waals surface area contributed by atoms with Gasteiger partial charge in [0.2, 0.25) is 0 Å². The minimum absolute atomic E-state index is 0. The van der Waals surface area contributed by atoms with Crippen LogP contribution in [0.15, 0.2) is 78.3 Å². The Labute approximate surface area is 206 Å². The van der Waals surface area contributed by atoms with Gasteiger partial charge >= 0.3 is 0 Å². The van der Waals surface area contributed by atoms with E-state index in [0.29, 0.717) is 17.9 Å². The minimum atomic E-state index is -3.94. The number of hydrogen-bond acceptors (Lipinski definition) is 3. The smallest absolute Gasteiger partial charge is 0.264 e. The molecule has 0 N–H and O–H groups in total. The first-order valence-electron chi connectivity index (χ1n) is 10.6. The third kappa shape index (κ3) is 4.58. The van der Waals surface area contributed by atoms with Crippen LogP contribution in [0, 0.1) is 26.6 Å². The first-order chi connectivity index (χ1) is 15.7. The van der Waals surface area contributed by atoms with Gasteiger partial charge in [0.05, 0.1) is 28.3 Å². The van der Waals surface area contributed by atoms with Crippen molar-refractivity contribution in [2.45, 2.75) is 38.8 Å². The Balaban J connectivity index is 0.00000324. The number of aromatic nitrogens is 2. The van der Waals surface area contributed by atoms with Crippen LogP contribution in [-0.2, 0) is 23.1 Å². The van der Waals surface area contributed by atoms with Crippen molar-refractivity contribution in [3.63, 3.8) is 0 Å². The molecule has 2 aromatic carbocycles. The lowest BCUT2D eigenvalue weighted by atomic mass is 10.1. The van der Waals surface area contributed by atoms with Crippen LogP contribution in [0.1, 0.15) is 22.5 Å². The second kappa shape index (κ2) is 9.99. The molecular formula is C26H27ClFN3O2S. The molecule has 178 valence electrons. The fourth-order valence-corrected chi connectivity index (χ4v) is 5.46. The zero-order valence-corrected chi connectivity index (χ0v) is 21.0. The zero-order chi connectivity index (χ0) is 23.8. The SMILES string of the molecule is C=CCn1c(C)c(C)c2ccnc(CN(c3ccc(F)cc3)S(=O)(=O)c3ccc(C)cc3)c21.Cl. The van der Waals surface area contributed by atoms with Crippen molar-refractivity contribution in [2.24, 2.45) is 0 Å². The van der Waals surface area contributed by atoms with E-state index in [9.17, 15) is 12.8 Å². The monoisotopic (exact) mass is 499 g/mol. The summed E-state index contributed by atoms with van der Waals surface area (Å²) >= 11 is 0. The Morgan fingerprint density at radius 3 is 2.29 bits per heavy atom. The molecule has 0 amide bonds. The summed E-state index contributed by atoms with van der Waals surface area (Å²) < 4.78 is 44.5. The van der Waals surface area contributed by atoms with Crippen molar-refractivity contribution in [1.29, 1.82) is 0 Å². The lowest BCUT2D eigenvalue weighted by Gasteiger charge is -2.25. The summed E-state index contributed by atoms with van der Waals surface area (Å²) in [7, 11) is -3.94. The van der Waals surface area contributed by atoms with Crippen LogP contribution in [0.25, 0.3) is 10.9 Å². The highest BCUT2D eigenvalue weighted by Gasteiger charge is 2.27. The number of pyridine rings is 1. The van der Waals surface area contributed by atoms with Crippen LogP contribution in [0.2, 0.25) is 0 Å². The topological polar surface area (TPSA) is 55.2 Å². The van der Waals surface area contributed by atoms with Crippen LogP contribution in [0.5, 0.6) is 0 Å². The standard InChI is InChI=1S/C26H26FN3O2S.ClH/c1-5-16-29-20(4)19(3)24-14-15-28-25(26(24)29)17-30(22-10-8-21(27)9-11-22)33(31,32)23-12-6-18(2)7-13-23;/h5-15H,1,16-17H2,2-4H3;1H. The van der Waals surface area contributed by atoms with Gasteiger partial charge < -0.3 is 4.57 Å². The summed E-state index contributed by atoms with van der Waals surface area (Å²) in [5, 5.41) is 1.02. The molecule has 0 radical (unpaired) electrons. The molecule has 0 bridgehead atoms. The molecule has 8 heteroatoms. The molecule has 0 aliphatic rings. The first-order valence-corrected chi connectivity index (χ1v) is 12.1. The third-order valence-corrected chi connectivity index (χ3v) is 7.74. The quantitative estimate of drug-likeness (QED) is 0.288. The summed E-state index contributed by atoms with van der Waals surface area (Å²) in [6, 6.07) is 14.1. The maximum absolute atomic E-state index is 13.7. The molecule has 0 aliphatic heterocycles. The average molecular weight is 500 g/mol. The summed E-state index contributed by atoms with van der Waals surface area (Å²) in [6.45, 7) is 10.4. The van der Waals surface area contributed by atoms with Gasteiger partial charge in [-0.05, 0) is 68.8 Å². The van der Waals surface area contributed by atoms with Crippen molar-refractivity contribution in [2.75, 3.05) is 4.31 Å². The number of nitrogens with zero attached hydrogens (tertiary/aromatic N) is 3. The third-order valence-electron chi connectivity index (χ3n) is 5.95. The Hall–Kier alpha value is -3.16. The molecule has 2 heterocycles. The second-order valence-electron chi connectivity index (χ2n) is 8.06. The van der Waals surface area contributed by atoms with Crippen molar-refractivity contribution in [3.05, 3.63) is 102 Å². The maximum Gasteiger partial charge on any atom is 0.264 e. The number of fused-ring (bicyclic) bond motifs is 1. The van der Waals surface area contributed by atoms with E-state index in [1.807, 2.05) is 32.9 Å². The van der Waals surface area contributed by atoms with E-state index >= 15 is 0 Å². The number of sulfonamides is 1. The molecule has 34 heavy (non-hydrogen) atoms. The van der Waals surface area contributed by atoms with Crippen LogP contribution in [-0.4, -0.2) is 18.0 Å². The highest BCUT2D eigenvalue weighted by Crippen LogP contribution is 2.31. The van der Waals surface area contributed by atoms with E-state index in [1.165, 1.54) is 28.6 Å². The minimum Gasteiger partial charge on any atom is -0.339 e. The summed E-state index contributed by atoms with van der Waals surface area (Å²) in [6.07, 6.45) is 3.51. The molecule has 0 saturated heterocycles. The molecule has 4 aromatic rings. The van der Waals surface area contributed by atoms with E-state index in [1.54, 1.807) is 30.5 Å². The van der Waals surface area contributed by atoms with Crippen LogP contribution >= 0.6 is 12.4 Å². The Morgan fingerprint density at radius 2 is 1.68 bits per heavy atom. The van der Waals surface area contributed by atoms with Gasteiger partial charge in [-0.15, -0.1) is 19.0 Å². The summed E-state index contributed by atoms with van der Waals surface area (Å²) in [4.78, 5) is 4.74. The average Bonchev–Trinajstić information content (AvgIpc) is 3.04. The van der Waals surface area contributed by atoms with Gasteiger partial charge in [0.1, 0.15) is 5.82 Å². The van der Waals surface area contributed by atoms with Crippen LogP contribution in [0.4, 0.5) is 10.1 Å². The predicted molar refractivity (Wildman–Crippen MR) is 138 cm³/mol. The van der Waals surface area contributed by atoms with Gasteiger partial charge in [0.25, 0.3) is 10.0 Å². The highest BCUT2D eigenvalue weighted by molar-refractivity contribution is 7.92. The van der Waals surface area contributed by atoms with E-state index in [4.69, 9.17) is 0 Å². The van der Waals surface area contributed by atoms with E-state index in [2.05, 4.69) is 16.1 Å². The molecule has 0 aliphatic carbocycles. The number of halogens is 2. The lowest BCUT2D eigenvalue weighted by Crippen LogP contribution is -2.31. The zero-order valence-electron chi connectivity index (χ0n) is 19.3. The molecular weight excluding hydrogens is 473 g/mol. The van der Waals surface area contributed by atoms with Crippen LogP contribution in [0.3, 0.4) is 0 Å². The molecule has 0 saturated carbocycles. The summed E-state index contributed by atoms with van der Waals surface area (Å²) in [5.74, 6) is -0.433. The van der Waals surface area contributed by atoms with Crippen molar-refractivity contribution >= 4 is 39.0 Å². The van der Waals surface area contributed by atoms with Gasteiger partial charge in [-0.1, -0.05) is 23.8 Å². The van der Waals surface area contributed by atoms with Crippen molar-refractivity contribution < 1.29 is 12.8 Å². The lowest BCUT2D eigenvalue weighted by molar-refractivity contribution is 0.589. The fraction of sp³-hybridized carbons (Fsp3) is 0.192. The van der Waals surface area contributed by atoms with Crippen molar-refractivity contribution in [3.8, 4) is 0 Å². The van der Waals surface area contributed by atoms with Gasteiger partial charge in [-0.25, -0.2) is 12.8 Å². The number of hydrogen-bond donors (Lipinski definition) is 0.